The minimum Gasteiger partial charge on any atom is -0.478 e. The van der Waals surface area contributed by atoms with E-state index in [0.717, 1.165) is 0 Å². The number of methoxy groups -OCH3 is 1. The van der Waals surface area contributed by atoms with E-state index in [1.807, 2.05) is 20.8 Å². The maximum absolute atomic E-state index is 11.9. The largest absolute Gasteiger partial charge is 0.478 e. The molecule has 0 bridgehead atoms. The van der Waals surface area contributed by atoms with E-state index in [0.29, 0.717) is 6.61 Å². The van der Waals surface area contributed by atoms with E-state index in [1.54, 1.807) is 13.3 Å². The van der Waals surface area contributed by atoms with Gasteiger partial charge in [-0.25, -0.2) is 4.79 Å². The average Bonchev–Trinajstić information content (AvgIpc) is 2.82. The number of carbonyl (C=O) groups is 2. The molecule has 3 unspecified atom stereocenters. The van der Waals surface area contributed by atoms with E-state index in [2.05, 4.69) is 15.3 Å². The Bertz CT molecular complexity index is 577. The molecule has 0 aromatic heterocycles. The first-order chi connectivity index (χ1) is 10.4. The van der Waals surface area contributed by atoms with Crippen LogP contribution in [0.4, 0.5) is 0 Å². The highest BCUT2D eigenvalue weighted by molar-refractivity contribution is 6.16. The first-order valence-corrected chi connectivity index (χ1v) is 7.26. The number of nitrogens with one attached hydrogen (secondary N) is 1. The van der Waals surface area contributed by atoms with Gasteiger partial charge in [-0.3, -0.25) is 14.8 Å². The molecule has 0 fully saturated rings. The summed E-state index contributed by atoms with van der Waals surface area (Å²) < 4.78 is 5.10. The van der Waals surface area contributed by atoms with Gasteiger partial charge in [-0.15, -0.1) is 0 Å². The number of amidine groups is 1. The fraction of sp³-hybridized carbons (Fsp3) is 0.600. The molecule has 22 heavy (non-hydrogen) atoms. The third-order valence-electron chi connectivity index (χ3n) is 3.97. The lowest BCUT2D eigenvalue weighted by Crippen LogP contribution is -2.35. The normalized spacial score (nSPS) is 28.1. The van der Waals surface area contributed by atoms with Crippen LogP contribution in [0.2, 0.25) is 0 Å². The monoisotopic (exact) mass is 307 g/mol. The van der Waals surface area contributed by atoms with Crippen LogP contribution in [0.3, 0.4) is 0 Å². The van der Waals surface area contributed by atoms with Crippen LogP contribution < -0.4 is 5.32 Å². The van der Waals surface area contributed by atoms with Crippen LogP contribution in [0, 0.1) is 17.8 Å². The van der Waals surface area contributed by atoms with Gasteiger partial charge < -0.3 is 15.2 Å². The fourth-order valence-electron chi connectivity index (χ4n) is 2.66. The van der Waals surface area contributed by atoms with Crippen LogP contribution >= 0.6 is 0 Å². The third-order valence-corrected chi connectivity index (χ3v) is 3.97. The summed E-state index contributed by atoms with van der Waals surface area (Å²) in [7, 11) is 1.56. The van der Waals surface area contributed by atoms with Crippen LogP contribution in [0.15, 0.2) is 21.3 Å². The molecule has 2 heterocycles. The lowest BCUT2D eigenvalue weighted by molar-refractivity contribution is -0.133. The molecule has 0 saturated carbocycles. The minimum atomic E-state index is -1.05. The number of amides is 1. The quantitative estimate of drug-likeness (QED) is 0.786. The summed E-state index contributed by atoms with van der Waals surface area (Å²) >= 11 is 0. The molecular weight excluding hydrogens is 286 g/mol. The molecule has 0 saturated heterocycles. The van der Waals surface area contributed by atoms with Gasteiger partial charge in [-0.05, 0) is 5.92 Å². The Labute approximate surface area is 129 Å². The van der Waals surface area contributed by atoms with Gasteiger partial charge in [0.1, 0.15) is 11.7 Å². The molecule has 0 radical (unpaired) electrons. The zero-order valence-corrected chi connectivity index (χ0v) is 13.2. The number of rotatable bonds is 5. The maximum Gasteiger partial charge on any atom is 0.334 e. The molecule has 2 rings (SSSR count). The first kappa shape index (κ1) is 16.4. The number of hydrogen-bond donors (Lipinski definition) is 2. The summed E-state index contributed by atoms with van der Waals surface area (Å²) in [6.07, 6.45) is 1.67. The third kappa shape index (κ3) is 2.94. The zero-order valence-electron chi connectivity index (χ0n) is 13.2. The Balaban J connectivity index is 2.40. The SMILES string of the molecule is COCC1C=NC(C2=NC(C(C)C)C(=O)N2)=C(C(=O)O)C1C. The van der Waals surface area contributed by atoms with Crippen molar-refractivity contribution in [1.29, 1.82) is 0 Å². The van der Waals surface area contributed by atoms with Gasteiger partial charge >= 0.3 is 5.97 Å². The lowest BCUT2D eigenvalue weighted by atomic mass is 9.85. The van der Waals surface area contributed by atoms with Gasteiger partial charge in [0.15, 0.2) is 5.84 Å². The van der Waals surface area contributed by atoms with Crippen molar-refractivity contribution in [3.63, 3.8) is 0 Å². The second kappa shape index (κ2) is 6.39. The second-order valence-electron chi connectivity index (χ2n) is 5.91. The van der Waals surface area contributed by atoms with E-state index >= 15 is 0 Å². The van der Waals surface area contributed by atoms with E-state index in [9.17, 15) is 14.7 Å². The number of ether oxygens (including phenoxy) is 1. The van der Waals surface area contributed by atoms with Gasteiger partial charge in [-0.2, -0.15) is 0 Å². The number of carboxylic acids is 1. The van der Waals surface area contributed by atoms with Gasteiger partial charge in [0.05, 0.1) is 12.2 Å². The number of aliphatic carboxylic acids is 1. The first-order valence-electron chi connectivity index (χ1n) is 7.26. The Morgan fingerprint density at radius 1 is 1.50 bits per heavy atom. The van der Waals surface area contributed by atoms with Crippen molar-refractivity contribution < 1.29 is 19.4 Å². The molecule has 2 aliphatic rings. The van der Waals surface area contributed by atoms with Crippen molar-refractivity contribution in [3.8, 4) is 0 Å². The number of hydrogen-bond acceptors (Lipinski definition) is 5. The van der Waals surface area contributed by atoms with Crippen LogP contribution in [0.1, 0.15) is 20.8 Å². The van der Waals surface area contributed by atoms with Crippen molar-refractivity contribution in [3.05, 3.63) is 11.3 Å². The summed E-state index contributed by atoms with van der Waals surface area (Å²) in [6, 6.07) is -0.500. The molecule has 0 aromatic rings. The van der Waals surface area contributed by atoms with Gasteiger partial charge in [0.2, 0.25) is 0 Å². The van der Waals surface area contributed by atoms with Gasteiger partial charge in [0.25, 0.3) is 5.91 Å². The zero-order chi connectivity index (χ0) is 16.4. The number of nitrogens with zero attached hydrogens (tertiary/aromatic N) is 2. The number of carbonyl (C=O) groups excluding carboxylic acids is 1. The summed E-state index contributed by atoms with van der Waals surface area (Å²) in [5, 5.41) is 12.2. The predicted molar refractivity (Wildman–Crippen MR) is 81.9 cm³/mol. The summed E-state index contributed by atoms with van der Waals surface area (Å²) in [6.45, 7) is 5.99. The van der Waals surface area contributed by atoms with Crippen LogP contribution in [-0.4, -0.2) is 48.8 Å². The molecule has 0 spiro atoms. The van der Waals surface area contributed by atoms with Crippen LogP contribution in [-0.2, 0) is 14.3 Å². The van der Waals surface area contributed by atoms with E-state index in [-0.39, 0.29) is 40.8 Å². The summed E-state index contributed by atoms with van der Waals surface area (Å²) in [4.78, 5) is 32.1. The number of aliphatic imine (C=N–C) groups is 2. The molecule has 7 nitrogen and oxygen atoms in total. The fourth-order valence-corrected chi connectivity index (χ4v) is 2.66. The van der Waals surface area contributed by atoms with E-state index in [4.69, 9.17) is 4.74 Å². The van der Waals surface area contributed by atoms with Crippen LogP contribution in [0.5, 0.6) is 0 Å². The summed E-state index contributed by atoms with van der Waals surface area (Å²) in [5.41, 5.74) is 0.400. The topological polar surface area (TPSA) is 100 Å². The van der Waals surface area contributed by atoms with E-state index < -0.39 is 12.0 Å². The van der Waals surface area contributed by atoms with Crippen molar-refractivity contribution in [1.82, 2.24) is 5.32 Å². The molecule has 120 valence electrons. The Kier molecular flexibility index (Phi) is 4.75. The molecule has 7 heteroatoms. The molecular formula is C15H21N3O4. The summed E-state index contributed by atoms with van der Waals surface area (Å²) in [5.74, 6) is -1.37. The second-order valence-corrected chi connectivity index (χ2v) is 5.91. The average molecular weight is 307 g/mol. The van der Waals surface area contributed by atoms with Crippen molar-refractivity contribution in [2.75, 3.05) is 13.7 Å². The molecule has 1 amide bonds. The molecule has 2 N–H and O–H groups in total. The van der Waals surface area contributed by atoms with Crippen molar-refractivity contribution >= 4 is 23.9 Å². The standard InChI is InChI=1S/C15H21N3O4/c1-7(2)11-14(19)18-13(17-11)12-10(15(20)21)8(3)9(5-16-12)6-22-4/h5,7-9,11H,6H2,1-4H3,(H,20,21)(H,17,18,19). The Morgan fingerprint density at radius 2 is 2.18 bits per heavy atom. The Hall–Kier alpha value is -2.02. The molecule has 3 atom stereocenters. The minimum absolute atomic E-state index is 0.0395. The maximum atomic E-state index is 11.9. The van der Waals surface area contributed by atoms with Crippen molar-refractivity contribution in [2.45, 2.75) is 26.8 Å². The molecule has 2 aliphatic heterocycles. The molecule has 0 aromatic carbocycles. The van der Waals surface area contributed by atoms with Crippen LogP contribution in [0.25, 0.3) is 0 Å². The van der Waals surface area contributed by atoms with Gasteiger partial charge in [-0.1, -0.05) is 20.8 Å². The highest BCUT2D eigenvalue weighted by Gasteiger charge is 2.36. The highest BCUT2D eigenvalue weighted by Crippen LogP contribution is 2.29. The lowest BCUT2D eigenvalue weighted by Gasteiger charge is -2.25. The number of carboxylic acid groups (broad SMARTS) is 1. The van der Waals surface area contributed by atoms with Gasteiger partial charge in [0, 0.05) is 25.2 Å². The Morgan fingerprint density at radius 3 is 2.68 bits per heavy atom. The highest BCUT2D eigenvalue weighted by atomic mass is 16.5. The van der Waals surface area contributed by atoms with Crippen molar-refractivity contribution in [2.24, 2.45) is 27.7 Å². The molecule has 0 aliphatic carbocycles. The van der Waals surface area contributed by atoms with E-state index in [1.165, 1.54) is 0 Å². The predicted octanol–water partition coefficient (Wildman–Crippen LogP) is 0.861. The smallest absolute Gasteiger partial charge is 0.334 e.